The van der Waals surface area contributed by atoms with Crippen molar-refractivity contribution in [2.45, 2.75) is 64.7 Å². The van der Waals surface area contributed by atoms with Gasteiger partial charge in [-0.25, -0.2) is 4.79 Å². The summed E-state index contributed by atoms with van der Waals surface area (Å²) in [6.45, 7) is 6.69. The molecule has 1 aromatic carbocycles. The van der Waals surface area contributed by atoms with E-state index in [1.165, 1.54) is 12.1 Å². The molecule has 0 spiro atoms. The summed E-state index contributed by atoms with van der Waals surface area (Å²) in [6.07, 6.45) is -0.435. The highest BCUT2D eigenvalue weighted by Crippen LogP contribution is 2.12. The number of carboxylic acid groups (broad SMARTS) is 1. The highest BCUT2D eigenvalue weighted by molar-refractivity contribution is 5.95. The van der Waals surface area contributed by atoms with Gasteiger partial charge in [0.15, 0.2) is 0 Å². The molecule has 12 nitrogen and oxygen atoms in total. The lowest BCUT2D eigenvalue weighted by atomic mass is 9.98. The Bertz CT molecular complexity index is 917. The number of benzene rings is 1. The second kappa shape index (κ2) is 13.3. The predicted molar refractivity (Wildman–Crippen MR) is 127 cm³/mol. The average Bonchev–Trinajstić information content (AvgIpc) is 2.75. The Hall–Kier alpha value is -3.67. The average molecular weight is 494 g/mol. The van der Waals surface area contributed by atoms with E-state index in [2.05, 4.69) is 16.0 Å². The molecule has 194 valence electrons. The quantitative estimate of drug-likeness (QED) is 0.180. The molecule has 12 heteroatoms. The zero-order chi connectivity index (χ0) is 26.9. The molecule has 1 rings (SSSR count). The summed E-state index contributed by atoms with van der Waals surface area (Å²) >= 11 is 0. The number of aliphatic carboxylic acids is 1. The Kier molecular flexibility index (Phi) is 11.1. The normalized spacial score (nSPS) is 14.5. The first kappa shape index (κ1) is 29.4. The van der Waals surface area contributed by atoms with Crippen molar-refractivity contribution in [1.29, 1.82) is 0 Å². The van der Waals surface area contributed by atoms with Crippen LogP contribution in [0.3, 0.4) is 0 Å². The minimum absolute atomic E-state index is 0.0800. The van der Waals surface area contributed by atoms with Gasteiger partial charge < -0.3 is 37.6 Å². The van der Waals surface area contributed by atoms with Gasteiger partial charge in [0.1, 0.15) is 23.9 Å². The van der Waals surface area contributed by atoms with Gasteiger partial charge in [-0.3, -0.25) is 19.2 Å². The number of carboxylic acids is 1. The van der Waals surface area contributed by atoms with Crippen LogP contribution in [-0.2, 0) is 30.4 Å². The molecule has 4 unspecified atom stereocenters. The number of carbonyl (C=O) groups excluding carboxylic acids is 4. The van der Waals surface area contributed by atoms with Crippen LogP contribution in [0.1, 0.15) is 39.7 Å². The van der Waals surface area contributed by atoms with Crippen LogP contribution in [0.25, 0.3) is 0 Å². The van der Waals surface area contributed by atoms with Crippen molar-refractivity contribution in [2.75, 3.05) is 0 Å². The van der Waals surface area contributed by atoms with Crippen molar-refractivity contribution in [3.63, 3.8) is 0 Å². The van der Waals surface area contributed by atoms with Crippen LogP contribution < -0.4 is 27.4 Å². The van der Waals surface area contributed by atoms with Crippen LogP contribution >= 0.6 is 0 Å². The minimum Gasteiger partial charge on any atom is -0.508 e. The van der Waals surface area contributed by atoms with E-state index in [1.807, 2.05) is 0 Å². The molecule has 0 aliphatic rings. The van der Waals surface area contributed by atoms with Gasteiger partial charge in [-0.1, -0.05) is 39.8 Å². The summed E-state index contributed by atoms with van der Waals surface area (Å²) in [6, 6.07) is 1.52. The molecule has 0 saturated carbocycles. The molecule has 0 bridgehead atoms. The number of aromatic hydroxyl groups is 1. The van der Waals surface area contributed by atoms with E-state index in [4.69, 9.17) is 11.5 Å². The second-order valence-corrected chi connectivity index (χ2v) is 9.01. The minimum atomic E-state index is -1.54. The molecule has 0 aromatic heterocycles. The molecule has 35 heavy (non-hydrogen) atoms. The molecular weight excluding hydrogens is 458 g/mol. The number of nitrogens with two attached hydrogens (primary N) is 2. The predicted octanol–water partition coefficient (Wildman–Crippen LogP) is -1.01. The molecule has 4 atom stereocenters. The fourth-order valence-corrected chi connectivity index (χ4v) is 3.21. The maximum Gasteiger partial charge on any atom is 0.326 e. The van der Waals surface area contributed by atoms with Gasteiger partial charge in [0.05, 0.1) is 12.5 Å². The third kappa shape index (κ3) is 9.61. The highest BCUT2D eigenvalue weighted by Gasteiger charge is 2.33. The number of rotatable bonds is 13. The smallest absolute Gasteiger partial charge is 0.326 e. The van der Waals surface area contributed by atoms with Crippen molar-refractivity contribution in [3.05, 3.63) is 29.8 Å². The van der Waals surface area contributed by atoms with Crippen LogP contribution in [0, 0.1) is 11.8 Å². The second-order valence-electron chi connectivity index (χ2n) is 9.01. The highest BCUT2D eigenvalue weighted by atomic mass is 16.4. The molecule has 9 N–H and O–H groups in total. The summed E-state index contributed by atoms with van der Waals surface area (Å²) in [5.74, 6) is -5.11. The first-order valence-corrected chi connectivity index (χ1v) is 11.2. The van der Waals surface area contributed by atoms with Gasteiger partial charge in [0.2, 0.25) is 23.6 Å². The lowest BCUT2D eigenvalue weighted by Crippen LogP contribution is -2.59. The standard InChI is InChI=1S/C23H35N5O7/c1-11(2)18(21(32)26-16(23(34)35)10-17(25)30)28-22(33)19(12(3)4)27-20(31)15(24)9-13-5-7-14(29)8-6-13/h5-8,11-12,15-16,18-19,29H,9-10,24H2,1-4H3,(H2,25,30)(H,26,32)(H,27,31)(H,28,33)(H,34,35). The summed E-state index contributed by atoms with van der Waals surface area (Å²) in [5, 5.41) is 26.0. The Morgan fingerprint density at radius 1 is 0.829 bits per heavy atom. The third-order valence-corrected chi connectivity index (χ3v) is 5.24. The number of hydrogen-bond donors (Lipinski definition) is 7. The molecular formula is C23H35N5O7. The number of carbonyl (C=O) groups is 5. The van der Waals surface area contributed by atoms with Crippen molar-refractivity contribution < 1.29 is 34.2 Å². The Morgan fingerprint density at radius 2 is 1.29 bits per heavy atom. The molecule has 0 fully saturated rings. The fourth-order valence-electron chi connectivity index (χ4n) is 3.21. The van der Waals surface area contributed by atoms with Gasteiger partial charge in [0.25, 0.3) is 0 Å². The monoisotopic (exact) mass is 493 g/mol. The number of nitrogens with one attached hydrogen (secondary N) is 3. The number of hydrogen-bond acceptors (Lipinski definition) is 7. The third-order valence-electron chi connectivity index (χ3n) is 5.24. The van der Waals surface area contributed by atoms with Crippen LogP contribution in [0.4, 0.5) is 0 Å². The molecule has 0 aliphatic heterocycles. The first-order chi connectivity index (χ1) is 16.2. The lowest BCUT2D eigenvalue weighted by molar-refractivity contribution is -0.144. The maximum atomic E-state index is 13.0. The molecule has 4 amide bonds. The van der Waals surface area contributed by atoms with Crippen LogP contribution in [-0.4, -0.2) is 64.0 Å². The summed E-state index contributed by atoms with van der Waals surface area (Å²) in [5.41, 5.74) is 11.7. The molecule has 0 aliphatic carbocycles. The number of amides is 4. The summed E-state index contributed by atoms with van der Waals surface area (Å²) < 4.78 is 0. The van der Waals surface area contributed by atoms with Crippen molar-refractivity contribution in [3.8, 4) is 5.75 Å². The molecule has 0 radical (unpaired) electrons. The Labute approximate surface area is 203 Å². The van der Waals surface area contributed by atoms with Gasteiger partial charge in [-0.15, -0.1) is 0 Å². The molecule has 1 aromatic rings. The number of phenolic OH excluding ortho intramolecular Hbond substituents is 1. The van der Waals surface area contributed by atoms with Gasteiger partial charge >= 0.3 is 5.97 Å². The van der Waals surface area contributed by atoms with Crippen molar-refractivity contribution in [2.24, 2.45) is 23.3 Å². The topological polar surface area (TPSA) is 214 Å². The number of primary amides is 1. The van der Waals surface area contributed by atoms with Crippen LogP contribution in [0.15, 0.2) is 24.3 Å². The van der Waals surface area contributed by atoms with E-state index >= 15 is 0 Å². The zero-order valence-corrected chi connectivity index (χ0v) is 20.3. The fraction of sp³-hybridized carbons (Fsp3) is 0.522. The van der Waals surface area contributed by atoms with Crippen molar-refractivity contribution in [1.82, 2.24) is 16.0 Å². The van der Waals surface area contributed by atoms with Crippen LogP contribution in [0.5, 0.6) is 5.75 Å². The SMILES string of the molecule is CC(C)C(NC(=O)C(N)Cc1ccc(O)cc1)C(=O)NC(C(=O)NC(CC(N)=O)C(=O)O)C(C)C. The zero-order valence-electron chi connectivity index (χ0n) is 20.3. The van der Waals surface area contributed by atoms with E-state index in [0.717, 1.165) is 5.56 Å². The van der Waals surface area contributed by atoms with Crippen LogP contribution in [0.2, 0.25) is 0 Å². The largest absolute Gasteiger partial charge is 0.508 e. The van der Waals surface area contributed by atoms with Gasteiger partial charge in [0, 0.05) is 0 Å². The van der Waals surface area contributed by atoms with E-state index in [0.29, 0.717) is 0 Å². The Morgan fingerprint density at radius 3 is 1.71 bits per heavy atom. The number of phenols is 1. The van der Waals surface area contributed by atoms with E-state index in [1.54, 1.807) is 39.8 Å². The van der Waals surface area contributed by atoms with Gasteiger partial charge in [-0.05, 0) is 36.0 Å². The van der Waals surface area contributed by atoms with E-state index in [-0.39, 0.29) is 18.1 Å². The Balaban J connectivity index is 2.89. The molecule has 0 heterocycles. The summed E-state index contributed by atoms with van der Waals surface area (Å²) in [4.78, 5) is 60.8. The van der Waals surface area contributed by atoms with Crippen molar-refractivity contribution >= 4 is 29.6 Å². The first-order valence-electron chi connectivity index (χ1n) is 11.2. The van der Waals surface area contributed by atoms with Gasteiger partial charge in [-0.2, -0.15) is 0 Å². The molecule has 0 saturated heterocycles. The summed E-state index contributed by atoms with van der Waals surface area (Å²) in [7, 11) is 0. The van der Waals surface area contributed by atoms with E-state index in [9.17, 15) is 34.2 Å². The van der Waals surface area contributed by atoms with E-state index < -0.39 is 66.1 Å². The maximum absolute atomic E-state index is 13.0. The lowest BCUT2D eigenvalue weighted by Gasteiger charge is -2.28.